The van der Waals surface area contributed by atoms with Crippen LogP contribution in [0.5, 0.6) is 0 Å². The van der Waals surface area contributed by atoms with Crippen molar-refractivity contribution >= 4 is 28.2 Å². The predicted octanol–water partition coefficient (Wildman–Crippen LogP) is 7.03. The second kappa shape index (κ2) is 14.4. The molecular weight excluding hydrogens is 528 g/mol. The van der Waals surface area contributed by atoms with Gasteiger partial charge in [-0.2, -0.15) is 9.78 Å². The Hall–Kier alpha value is -3.57. The second-order valence-electron chi connectivity index (χ2n) is 10.7. The van der Waals surface area contributed by atoms with Gasteiger partial charge in [0.25, 0.3) is 5.56 Å². The van der Waals surface area contributed by atoms with Gasteiger partial charge in [-0.15, -0.1) is 5.10 Å². The van der Waals surface area contributed by atoms with E-state index < -0.39 is 5.56 Å². The highest BCUT2D eigenvalue weighted by Gasteiger charge is 2.22. The summed E-state index contributed by atoms with van der Waals surface area (Å²) in [7, 11) is 0. The van der Waals surface area contributed by atoms with Crippen LogP contribution in [0.25, 0.3) is 23.0 Å². The number of pyridine rings is 1. The molecule has 0 aliphatic carbocycles. The SMILES string of the molecule is CCCCC(CC)c1nc2/c(=C/c3sc(N(CCCC)CCCC)nc3-c3ccccc3)c(C)c(C#N)c(=O)n2n1. The monoisotopic (exact) mass is 570 g/mol. The lowest BCUT2D eigenvalue weighted by Crippen LogP contribution is -2.27. The van der Waals surface area contributed by atoms with E-state index in [1.165, 1.54) is 4.52 Å². The van der Waals surface area contributed by atoms with E-state index >= 15 is 0 Å². The number of nitrogens with zero attached hydrogens (tertiary/aromatic N) is 6. The van der Waals surface area contributed by atoms with Gasteiger partial charge < -0.3 is 4.90 Å². The van der Waals surface area contributed by atoms with E-state index in [0.717, 1.165) is 90.9 Å². The Morgan fingerprint density at radius 1 is 1.02 bits per heavy atom. The summed E-state index contributed by atoms with van der Waals surface area (Å²) in [4.78, 5) is 26.8. The molecule has 0 aliphatic heterocycles. The van der Waals surface area contributed by atoms with Crippen LogP contribution in [-0.4, -0.2) is 32.7 Å². The van der Waals surface area contributed by atoms with Crippen molar-refractivity contribution in [1.82, 2.24) is 19.6 Å². The van der Waals surface area contributed by atoms with E-state index in [4.69, 9.17) is 9.97 Å². The Balaban J connectivity index is 1.97. The third-order valence-electron chi connectivity index (χ3n) is 7.72. The van der Waals surface area contributed by atoms with Crippen molar-refractivity contribution in [2.45, 2.75) is 91.9 Å². The molecule has 1 unspecified atom stereocenters. The van der Waals surface area contributed by atoms with Gasteiger partial charge in [-0.3, -0.25) is 4.79 Å². The van der Waals surface area contributed by atoms with Gasteiger partial charge in [0.15, 0.2) is 16.6 Å². The van der Waals surface area contributed by atoms with E-state index in [1.807, 2.05) is 25.1 Å². The Bertz CT molecular complexity index is 1590. The van der Waals surface area contributed by atoms with Crippen LogP contribution < -0.4 is 15.7 Å². The van der Waals surface area contributed by atoms with Crippen molar-refractivity contribution in [1.29, 1.82) is 5.26 Å². The zero-order valence-electron chi connectivity index (χ0n) is 25.1. The summed E-state index contributed by atoms with van der Waals surface area (Å²) in [5, 5.41) is 16.4. The number of unbranched alkanes of at least 4 members (excludes halogenated alkanes) is 3. The molecule has 0 radical (unpaired) electrons. The number of rotatable bonds is 14. The number of fused-ring (bicyclic) bond motifs is 1. The number of anilines is 1. The fourth-order valence-electron chi connectivity index (χ4n) is 5.14. The maximum Gasteiger partial charge on any atom is 0.291 e. The summed E-state index contributed by atoms with van der Waals surface area (Å²) >= 11 is 1.66. The van der Waals surface area contributed by atoms with Crippen LogP contribution in [0.15, 0.2) is 35.1 Å². The van der Waals surface area contributed by atoms with Crippen LogP contribution in [-0.2, 0) is 0 Å². The first kappa shape index (κ1) is 30.4. The quantitative estimate of drug-likeness (QED) is 0.162. The van der Waals surface area contributed by atoms with Gasteiger partial charge in [-0.05, 0) is 44.2 Å². The smallest absolute Gasteiger partial charge is 0.291 e. The molecule has 7 nitrogen and oxygen atoms in total. The Labute approximate surface area is 247 Å². The predicted molar refractivity (Wildman–Crippen MR) is 170 cm³/mol. The Kier molecular flexibility index (Phi) is 10.6. The summed E-state index contributed by atoms with van der Waals surface area (Å²) in [6, 6.07) is 12.4. The maximum atomic E-state index is 13.3. The van der Waals surface area contributed by atoms with Gasteiger partial charge in [0.2, 0.25) is 0 Å². The fourth-order valence-corrected chi connectivity index (χ4v) is 6.23. The van der Waals surface area contributed by atoms with Gasteiger partial charge in [0.05, 0.1) is 10.6 Å². The van der Waals surface area contributed by atoms with E-state index in [-0.39, 0.29) is 11.5 Å². The third kappa shape index (κ3) is 6.68. The number of hydrogen-bond acceptors (Lipinski definition) is 7. The molecule has 0 saturated carbocycles. The lowest BCUT2D eigenvalue weighted by molar-refractivity contribution is 0.542. The van der Waals surface area contributed by atoms with Crippen molar-refractivity contribution < 1.29 is 0 Å². The Morgan fingerprint density at radius 2 is 1.71 bits per heavy atom. The average Bonchev–Trinajstić information content (AvgIpc) is 3.62. The summed E-state index contributed by atoms with van der Waals surface area (Å²) in [5.41, 5.74) is 2.79. The first-order valence-corrected chi connectivity index (χ1v) is 15.9. The van der Waals surface area contributed by atoms with E-state index in [2.05, 4.69) is 62.0 Å². The minimum absolute atomic E-state index is 0.111. The van der Waals surface area contributed by atoms with Crippen LogP contribution in [0.1, 0.15) is 107 Å². The van der Waals surface area contributed by atoms with Crippen molar-refractivity contribution in [3.05, 3.63) is 67.7 Å². The molecule has 1 atom stereocenters. The number of thiazole rings is 1. The van der Waals surface area contributed by atoms with Crippen molar-refractivity contribution in [2.24, 2.45) is 0 Å². The lowest BCUT2D eigenvalue weighted by Gasteiger charge is -2.21. The summed E-state index contributed by atoms with van der Waals surface area (Å²) in [6.45, 7) is 12.5. The molecule has 0 bridgehead atoms. The molecule has 8 heteroatoms. The van der Waals surface area contributed by atoms with Crippen LogP contribution in [0, 0.1) is 18.3 Å². The molecule has 3 heterocycles. The van der Waals surface area contributed by atoms with Crippen LogP contribution in [0.4, 0.5) is 5.13 Å². The number of aromatic nitrogens is 4. The highest BCUT2D eigenvalue weighted by molar-refractivity contribution is 7.16. The van der Waals surface area contributed by atoms with Crippen LogP contribution >= 0.6 is 11.3 Å². The van der Waals surface area contributed by atoms with Gasteiger partial charge >= 0.3 is 0 Å². The summed E-state index contributed by atoms with van der Waals surface area (Å²) in [5.74, 6) is 0.856. The molecule has 4 rings (SSSR count). The first-order valence-electron chi connectivity index (χ1n) is 15.1. The Morgan fingerprint density at radius 3 is 2.32 bits per heavy atom. The molecule has 41 heavy (non-hydrogen) atoms. The minimum atomic E-state index is -0.403. The van der Waals surface area contributed by atoms with E-state index in [9.17, 15) is 10.1 Å². The van der Waals surface area contributed by atoms with Gasteiger partial charge in [0, 0.05) is 29.8 Å². The number of hydrogen-bond donors (Lipinski definition) is 0. The van der Waals surface area contributed by atoms with Crippen molar-refractivity contribution in [3.8, 4) is 17.3 Å². The standard InChI is InChI=1S/C33H42N6OS/c1-6-10-16-24(9-4)30-36-31-26(23(5)27(22-34)32(40)39(31)37-30)21-28-29(25-17-14-13-15-18-25)35-33(41-28)38(19-11-7-2)20-12-8-3/h13-15,17-18,21,24H,6-12,16,19-20H2,1-5H3/b26-21+. The van der Waals surface area contributed by atoms with Crippen LogP contribution in [0.2, 0.25) is 0 Å². The average molecular weight is 571 g/mol. The largest absolute Gasteiger partial charge is 0.348 e. The molecule has 4 aromatic rings. The van der Waals surface area contributed by atoms with Crippen molar-refractivity contribution in [2.75, 3.05) is 18.0 Å². The molecule has 0 spiro atoms. The van der Waals surface area contributed by atoms with Gasteiger partial charge in [-0.25, -0.2) is 9.97 Å². The zero-order chi connectivity index (χ0) is 29.4. The molecule has 0 saturated heterocycles. The number of nitriles is 1. The molecular formula is C33H42N6OS. The molecule has 0 amide bonds. The molecule has 0 N–H and O–H groups in total. The van der Waals surface area contributed by atoms with Gasteiger partial charge in [-0.1, -0.05) is 95.0 Å². The second-order valence-corrected chi connectivity index (χ2v) is 11.7. The summed E-state index contributed by atoms with van der Waals surface area (Å²) < 4.78 is 1.35. The summed E-state index contributed by atoms with van der Waals surface area (Å²) in [6.07, 6.45) is 10.6. The normalized spacial score (nSPS) is 12.6. The maximum absolute atomic E-state index is 13.3. The fraction of sp³-hybridized carbons (Fsp3) is 0.485. The molecule has 216 valence electrons. The minimum Gasteiger partial charge on any atom is -0.348 e. The molecule has 1 aromatic carbocycles. The van der Waals surface area contributed by atoms with E-state index in [0.29, 0.717) is 17.0 Å². The van der Waals surface area contributed by atoms with Crippen LogP contribution in [0.3, 0.4) is 0 Å². The zero-order valence-corrected chi connectivity index (χ0v) is 25.9. The third-order valence-corrected chi connectivity index (χ3v) is 8.79. The number of benzene rings is 1. The lowest BCUT2D eigenvalue weighted by atomic mass is 9.99. The molecule has 0 aliphatic rings. The van der Waals surface area contributed by atoms with Crippen molar-refractivity contribution in [3.63, 3.8) is 0 Å². The molecule has 3 aromatic heterocycles. The van der Waals surface area contributed by atoms with Gasteiger partial charge in [0.1, 0.15) is 11.6 Å². The van der Waals surface area contributed by atoms with E-state index in [1.54, 1.807) is 11.3 Å². The topological polar surface area (TPSA) is 87.2 Å². The highest BCUT2D eigenvalue weighted by Crippen LogP contribution is 2.34. The first-order chi connectivity index (χ1) is 20.0. The molecule has 0 fully saturated rings. The highest BCUT2D eigenvalue weighted by atomic mass is 32.1.